The molecule has 0 aliphatic carbocycles. The van der Waals surface area contributed by atoms with Crippen molar-refractivity contribution in [2.75, 3.05) is 26.2 Å². The molecule has 2 rings (SSSR count). The summed E-state index contributed by atoms with van der Waals surface area (Å²) in [7, 11) is -3.61. The zero-order valence-corrected chi connectivity index (χ0v) is 17.3. The molecular formula is C20H30N2O4S. The van der Waals surface area contributed by atoms with Crippen LogP contribution in [0.25, 0.3) is 0 Å². The number of piperazine rings is 1. The summed E-state index contributed by atoms with van der Waals surface area (Å²) in [4.78, 5) is 26.0. The fraction of sp³-hybridized carbons (Fsp3) is 0.600. The quantitative estimate of drug-likeness (QED) is 0.636. The van der Waals surface area contributed by atoms with Gasteiger partial charge in [0.25, 0.3) is 0 Å². The van der Waals surface area contributed by atoms with Crippen LogP contribution in [-0.4, -0.2) is 55.5 Å². The molecule has 0 spiro atoms. The Balaban J connectivity index is 2.01. The zero-order chi connectivity index (χ0) is 20.0. The van der Waals surface area contributed by atoms with Gasteiger partial charge >= 0.3 is 0 Å². The minimum absolute atomic E-state index is 0.0345. The number of rotatable bonds is 8. The van der Waals surface area contributed by atoms with Crippen molar-refractivity contribution in [2.24, 2.45) is 5.92 Å². The maximum Gasteiger partial charge on any atom is 0.243 e. The smallest absolute Gasteiger partial charge is 0.243 e. The van der Waals surface area contributed by atoms with Crippen molar-refractivity contribution in [2.45, 2.75) is 51.3 Å². The van der Waals surface area contributed by atoms with Crippen molar-refractivity contribution in [1.29, 1.82) is 0 Å². The highest BCUT2D eigenvalue weighted by molar-refractivity contribution is 7.89. The van der Waals surface area contributed by atoms with Gasteiger partial charge in [0.2, 0.25) is 15.9 Å². The summed E-state index contributed by atoms with van der Waals surface area (Å²) in [6.07, 6.45) is 3.82. The molecule has 27 heavy (non-hydrogen) atoms. The molecule has 1 amide bonds. The minimum Gasteiger partial charge on any atom is -0.340 e. The predicted octanol–water partition coefficient (Wildman–Crippen LogP) is 2.94. The third kappa shape index (κ3) is 5.17. The monoisotopic (exact) mass is 394 g/mol. The van der Waals surface area contributed by atoms with Gasteiger partial charge in [-0.05, 0) is 31.9 Å². The number of hydrogen-bond donors (Lipinski definition) is 0. The first kappa shape index (κ1) is 21.6. The van der Waals surface area contributed by atoms with Crippen molar-refractivity contribution >= 4 is 21.7 Å². The molecule has 1 aliphatic rings. The van der Waals surface area contributed by atoms with Gasteiger partial charge in [-0.2, -0.15) is 4.31 Å². The predicted molar refractivity (Wildman–Crippen MR) is 105 cm³/mol. The third-order valence-electron chi connectivity index (χ3n) is 5.20. The Morgan fingerprint density at radius 3 is 2.11 bits per heavy atom. The molecule has 1 aromatic rings. The second kappa shape index (κ2) is 9.46. The molecule has 1 atom stereocenters. The van der Waals surface area contributed by atoms with Gasteiger partial charge in [-0.15, -0.1) is 0 Å². The first-order valence-corrected chi connectivity index (χ1v) is 11.1. The number of ketones is 1. The number of benzene rings is 1. The molecule has 1 unspecified atom stereocenters. The first-order valence-electron chi connectivity index (χ1n) is 9.71. The summed E-state index contributed by atoms with van der Waals surface area (Å²) in [5, 5.41) is 0. The highest BCUT2D eigenvalue weighted by Gasteiger charge is 2.31. The zero-order valence-electron chi connectivity index (χ0n) is 16.5. The number of carbonyl (C=O) groups is 2. The van der Waals surface area contributed by atoms with Gasteiger partial charge in [0.05, 0.1) is 4.90 Å². The maximum atomic E-state index is 12.8. The molecule has 0 radical (unpaired) electrons. The Morgan fingerprint density at radius 2 is 1.63 bits per heavy atom. The molecule has 1 aliphatic heterocycles. The van der Waals surface area contributed by atoms with E-state index in [1.807, 2.05) is 6.92 Å². The number of unbranched alkanes of at least 4 members (excludes halogenated alkanes) is 1. The van der Waals surface area contributed by atoms with E-state index >= 15 is 0 Å². The molecule has 0 bridgehead atoms. The molecule has 1 saturated heterocycles. The molecule has 6 nitrogen and oxygen atoms in total. The van der Waals surface area contributed by atoms with E-state index in [4.69, 9.17) is 0 Å². The van der Waals surface area contributed by atoms with E-state index in [1.54, 1.807) is 4.90 Å². The molecule has 150 valence electrons. The second-order valence-corrected chi connectivity index (χ2v) is 9.00. The Kier molecular flexibility index (Phi) is 7.56. The summed E-state index contributed by atoms with van der Waals surface area (Å²) < 4.78 is 27.1. The van der Waals surface area contributed by atoms with Gasteiger partial charge in [-0.3, -0.25) is 9.59 Å². The van der Waals surface area contributed by atoms with Gasteiger partial charge in [0.15, 0.2) is 5.78 Å². The summed E-state index contributed by atoms with van der Waals surface area (Å²) in [5.74, 6) is 0.0840. The average molecular weight is 395 g/mol. The standard InChI is InChI=1S/C20H30N2O4S/c1-4-6-7-17(5-2)20(24)21-12-14-22(15-13-21)27(25,26)19-10-8-18(9-11-19)16(3)23/h8-11,17H,4-7,12-15H2,1-3H3. The van der Waals surface area contributed by atoms with Gasteiger partial charge in [0.1, 0.15) is 0 Å². The number of sulfonamides is 1. The third-order valence-corrected chi connectivity index (χ3v) is 7.11. The number of amides is 1. The highest BCUT2D eigenvalue weighted by Crippen LogP contribution is 2.21. The van der Waals surface area contributed by atoms with Crippen molar-refractivity contribution in [3.05, 3.63) is 29.8 Å². The van der Waals surface area contributed by atoms with Crippen LogP contribution in [0.1, 0.15) is 56.8 Å². The van der Waals surface area contributed by atoms with E-state index in [-0.39, 0.29) is 22.5 Å². The normalized spacial score (nSPS) is 16.9. The number of Topliss-reactive ketones (excluding diaryl/α,β-unsaturated/α-hetero) is 1. The summed E-state index contributed by atoms with van der Waals surface area (Å²) in [6.45, 7) is 7.04. The van der Waals surface area contributed by atoms with Crippen LogP contribution in [0.5, 0.6) is 0 Å². The summed E-state index contributed by atoms with van der Waals surface area (Å²) in [6, 6.07) is 6.02. The molecular weight excluding hydrogens is 364 g/mol. The first-order chi connectivity index (χ1) is 12.8. The molecule has 0 N–H and O–H groups in total. The van der Waals surface area contributed by atoms with E-state index in [2.05, 4.69) is 6.92 Å². The number of carbonyl (C=O) groups excluding carboxylic acids is 2. The van der Waals surface area contributed by atoms with Crippen molar-refractivity contribution in [3.63, 3.8) is 0 Å². The van der Waals surface area contributed by atoms with Gasteiger partial charge in [-0.1, -0.05) is 38.8 Å². The molecule has 0 aromatic heterocycles. The lowest BCUT2D eigenvalue weighted by atomic mass is 9.97. The van der Waals surface area contributed by atoms with E-state index in [1.165, 1.54) is 35.5 Å². The number of hydrogen-bond acceptors (Lipinski definition) is 4. The van der Waals surface area contributed by atoms with Crippen LogP contribution in [-0.2, 0) is 14.8 Å². The lowest BCUT2D eigenvalue weighted by molar-refractivity contribution is -0.137. The van der Waals surface area contributed by atoms with Crippen LogP contribution < -0.4 is 0 Å². The lowest BCUT2D eigenvalue weighted by Gasteiger charge is -2.35. The van der Waals surface area contributed by atoms with E-state index in [0.29, 0.717) is 31.7 Å². The van der Waals surface area contributed by atoms with Gasteiger partial charge in [-0.25, -0.2) is 8.42 Å². The Morgan fingerprint density at radius 1 is 1.04 bits per heavy atom. The van der Waals surface area contributed by atoms with Gasteiger partial charge in [0, 0.05) is 37.7 Å². The summed E-state index contributed by atoms with van der Waals surface area (Å²) in [5.41, 5.74) is 0.488. The molecule has 1 heterocycles. The van der Waals surface area contributed by atoms with Crippen LogP contribution in [0.4, 0.5) is 0 Å². The van der Waals surface area contributed by atoms with Crippen molar-refractivity contribution in [3.8, 4) is 0 Å². The Hall–Kier alpha value is -1.73. The van der Waals surface area contributed by atoms with Crippen LogP contribution >= 0.6 is 0 Å². The highest BCUT2D eigenvalue weighted by atomic mass is 32.2. The van der Waals surface area contributed by atoms with Crippen LogP contribution in [0, 0.1) is 5.92 Å². The molecule has 1 aromatic carbocycles. The molecule has 1 fully saturated rings. The lowest BCUT2D eigenvalue weighted by Crippen LogP contribution is -2.51. The Bertz CT molecular complexity index is 751. The fourth-order valence-corrected chi connectivity index (χ4v) is 4.79. The fourth-order valence-electron chi connectivity index (χ4n) is 3.37. The van der Waals surface area contributed by atoms with E-state index < -0.39 is 10.0 Å². The Labute approximate surface area is 162 Å². The molecule has 0 saturated carbocycles. The van der Waals surface area contributed by atoms with E-state index in [0.717, 1.165) is 25.7 Å². The topological polar surface area (TPSA) is 74.8 Å². The van der Waals surface area contributed by atoms with Crippen LogP contribution in [0.2, 0.25) is 0 Å². The van der Waals surface area contributed by atoms with Crippen LogP contribution in [0.3, 0.4) is 0 Å². The number of nitrogens with zero attached hydrogens (tertiary/aromatic N) is 2. The van der Waals surface area contributed by atoms with Crippen molar-refractivity contribution in [1.82, 2.24) is 9.21 Å². The maximum absolute atomic E-state index is 12.8. The minimum atomic E-state index is -3.61. The van der Waals surface area contributed by atoms with E-state index in [9.17, 15) is 18.0 Å². The van der Waals surface area contributed by atoms with Gasteiger partial charge < -0.3 is 4.90 Å². The van der Waals surface area contributed by atoms with Crippen molar-refractivity contribution < 1.29 is 18.0 Å². The largest absolute Gasteiger partial charge is 0.340 e. The van der Waals surface area contributed by atoms with Crippen LogP contribution in [0.15, 0.2) is 29.2 Å². The second-order valence-electron chi connectivity index (χ2n) is 7.06. The SMILES string of the molecule is CCCCC(CC)C(=O)N1CCN(S(=O)(=O)c2ccc(C(C)=O)cc2)CC1. The molecule has 7 heteroatoms. The average Bonchev–Trinajstić information content (AvgIpc) is 2.68. The summed E-state index contributed by atoms with van der Waals surface area (Å²) >= 11 is 0.